The lowest BCUT2D eigenvalue weighted by atomic mass is 10.1. The minimum absolute atomic E-state index is 0.836. The number of rotatable bonds is 2. The van der Waals surface area contributed by atoms with Crippen molar-refractivity contribution in [2.24, 2.45) is 5.92 Å². The molecule has 0 aromatic rings. The SMILES string of the molecule is [CH2]CCC(C)C. The van der Waals surface area contributed by atoms with Crippen LogP contribution in [-0.2, 0) is 0 Å². The molecule has 0 nitrogen and oxygen atoms in total. The van der Waals surface area contributed by atoms with Crippen LogP contribution in [0.15, 0.2) is 0 Å². The van der Waals surface area contributed by atoms with Crippen LogP contribution < -0.4 is 0 Å². The first-order valence-corrected chi connectivity index (χ1v) is 2.56. The van der Waals surface area contributed by atoms with Crippen molar-refractivity contribution in [3.63, 3.8) is 0 Å². The molecule has 1 radical (unpaired) electrons. The number of hydrogen-bond acceptors (Lipinski definition) is 0. The van der Waals surface area contributed by atoms with Crippen LogP contribution in [0.25, 0.3) is 0 Å². The van der Waals surface area contributed by atoms with Crippen molar-refractivity contribution < 1.29 is 0 Å². The summed E-state index contributed by atoms with van der Waals surface area (Å²) in [6, 6.07) is 0. The Bertz CT molecular complexity index is 21.2. The summed E-state index contributed by atoms with van der Waals surface area (Å²) in [7, 11) is 0. The predicted molar refractivity (Wildman–Crippen MR) is 29.4 cm³/mol. The van der Waals surface area contributed by atoms with Crippen LogP contribution in [0.4, 0.5) is 0 Å². The maximum Gasteiger partial charge on any atom is -0.0471 e. The lowest BCUT2D eigenvalue weighted by Crippen LogP contribution is -1.81. The van der Waals surface area contributed by atoms with Crippen LogP contribution >= 0.6 is 0 Å². The molecule has 0 fully saturated rings. The maximum absolute atomic E-state index is 3.73. The minimum atomic E-state index is 0.836. The Hall–Kier alpha value is 0. The van der Waals surface area contributed by atoms with Crippen LogP contribution in [-0.4, -0.2) is 0 Å². The van der Waals surface area contributed by atoms with E-state index in [9.17, 15) is 0 Å². The monoisotopic (exact) mass is 85.1 g/mol. The molecular formula is C6H13. The van der Waals surface area contributed by atoms with E-state index in [1.54, 1.807) is 0 Å². The molecule has 0 aliphatic heterocycles. The summed E-state index contributed by atoms with van der Waals surface area (Å²) >= 11 is 0. The van der Waals surface area contributed by atoms with Gasteiger partial charge in [0, 0.05) is 0 Å². The molecule has 0 aliphatic carbocycles. The second-order valence-electron chi connectivity index (χ2n) is 2.04. The largest absolute Gasteiger partial charge is 0.0628 e. The van der Waals surface area contributed by atoms with Crippen LogP contribution in [0.1, 0.15) is 26.7 Å². The lowest BCUT2D eigenvalue weighted by Gasteiger charge is -1.95. The second-order valence-corrected chi connectivity index (χ2v) is 2.04. The zero-order valence-corrected chi connectivity index (χ0v) is 4.70. The summed E-state index contributed by atoms with van der Waals surface area (Å²) in [6.45, 7) is 8.15. The Balaban J connectivity index is 2.63. The van der Waals surface area contributed by atoms with E-state index < -0.39 is 0 Å². The van der Waals surface area contributed by atoms with Crippen LogP contribution in [0.5, 0.6) is 0 Å². The Labute approximate surface area is 40.6 Å². The Kier molecular flexibility index (Phi) is 3.20. The van der Waals surface area contributed by atoms with Crippen LogP contribution in [0, 0.1) is 12.8 Å². The zero-order chi connectivity index (χ0) is 4.99. The van der Waals surface area contributed by atoms with Gasteiger partial charge >= 0.3 is 0 Å². The molecule has 6 heavy (non-hydrogen) atoms. The summed E-state index contributed by atoms with van der Waals surface area (Å²) in [5.41, 5.74) is 0. The predicted octanol–water partition coefficient (Wildman–Crippen LogP) is 2.26. The van der Waals surface area contributed by atoms with Gasteiger partial charge in [0.25, 0.3) is 0 Å². The molecule has 0 heteroatoms. The summed E-state index contributed by atoms with van der Waals surface area (Å²) in [5.74, 6) is 0.836. The number of hydrogen-bond donors (Lipinski definition) is 0. The van der Waals surface area contributed by atoms with Gasteiger partial charge in [-0.15, -0.1) is 0 Å². The fourth-order valence-corrected chi connectivity index (χ4v) is 0.408. The van der Waals surface area contributed by atoms with Gasteiger partial charge in [-0.25, -0.2) is 0 Å². The average molecular weight is 85.2 g/mol. The van der Waals surface area contributed by atoms with Gasteiger partial charge in [0.1, 0.15) is 0 Å². The molecule has 0 unspecified atom stereocenters. The highest BCUT2D eigenvalue weighted by Crippen LogP contribution is 2.00. The van der Waals surface area contributed by atoms with E-state index in [1.165, 1.54) is 6.42 Å². The van der Waals surface area contributed by atoms with Crippen molar-refractivity contribution in [2.45, 2.75) is 26.7 Å². The quantitative estimate of drug-likeness (QED) is 0.482. The van der Waals surface area contributed by atoms with Gasteiger partial charge in [-0.2, -0.15) is 0 Å². The molecule has 0 amide bonds. The van der Waals surface area contributed by atoms with E-state index in [0.717, 1.165) is 12.3 Å². The minimum Gasteiger partial charge on any atom is -0.0628 e. The topological polar surface area (TPSA) is 0 Å². The van der Waals surface area contributed by atoms with Gasteiger partial charge in [0.2, 0.25) is 0 Å². The standard InChI is InChI=1S/C6H13/c1-4-5-6(2)3/h6H,1,4-5H2,2-3H3. The van der Waals surface area contributed by atoms with Crippen molar-refractivity contribution in [1.82, 2.24) is 0 Å². The highest BCUT2D eigenvalue weighted by Gasteiger charge is 1.85. The molecule has 0 aliphatic rings. The Morgan fingerprint density at radius 3 is 2.00 bits per heavy atom. The smallest absolute Gasteiger partial charge is 0.0471 e. The van der Waals surface area contributed by atoms with Gasteiger partial charge < -0.3 is 0 Å². The molecule has 0 N–H and O–H groups in total. The van der Waals surface area contributed by atoms with Gasteiger partial charge in [0.05, 0.1) is 0 Å². The molecule has 0 spiro atoms. The van der Waals surface area contributed by atoms with E-state index in [1.807, 2.05) is 0 Å². The van der Waals surface area contributed by atoms with Gasteiger partial charge in [0.15, 0.2) is 0 Å². The first-order valence-electron chi connectivity index (χ1n) is 2.56. The third-order valence-electron chi connectivity index (χ3n) is 0.781. The molecule has 0 aromatic heterocycles. The molecule has 0 heterocycles. The third-order valence-corrected chi connectivity index (χ3v) is 0.781. The van der Waals surface area contributed by atoms with Crippen molar-refractivity contribution in [3.8, 4) is 0 Å². The fraction of sp³-hybridized carbons (Fsp3) is 0.833. The Morgan fingerprint density at radius 2 is 2.00 bits per heavy atom. The fourth-order valence-electron chi connectivity index (χ4n) is 0.408. The first kappa shape index (κ1) is 6.00. The van der Waals surface area contributed by atoms with Gasteiger partial charge in [-0.3, -0.25) is 0 Å². The molecule has 37 valence electrons. The van der Waals surface area contributed by atoms with E-state index in [4.69, 9.17) is 0 Å². The first-order chi connectivity index (χ1) is 2.77. The molecule has 0 saturated carbocycles. The van der Waals surface area contributed by atoms with E-state index in [2.05, 4.69) is 20.8 Å². The zero-order valence-electron chi connectivity index (χ0n) is 4.70. The highest BCUT2D eigenvalue weighted by atomic mass is 13.9. The highest BCUT2D eigenvalue weighted by molar-refractivity contribution is 4.44. The molecule has 0 rings (SSSR count). The molecule has 0 aromatic carbocycles. The Morgan fingerprint density at radius 1 is 1.50 bits per heavy atom. The lowest BCUT2D eigenvalue weighted by molar-refractivity contribution is 0.593. The summed E-state index contributed by atoms with van der Waals surface area (Å²) in [6.07, 6.45) is 2.34. The van der Waals surface area contributed by atoms with Crippen LogP contribution in [0.3, 0.4) is 0 Å². The van der Waals surface area contributed by atoms with E-state index in [0.29, 0.717) is 0 Å². The van der Waals surface area contributed by atoms with Gasteiger partial charge in [-0.1, -0.05) is 33.6 Å². The van der Waals surface area contributed by atoms with Gasteiger partial charge in [-0.05, 0) is 5.92 Å². The molecule has 0 atom stereocenters. The van der Waals surface area contributed by atoms with E-state index in [-0.39, 0.29) is 0 Å². The van der Waals surface area contributed by atoms with Crippen molar-refractivity contribution in [2.75, 3.05) is 0 Å². The maximum atomic E-state index is 3.73. The van der Waals surface area contributed by atoms with Crippen molar-refractivity contribution >= 4 is 0 Å². The molecule has 0 saturated heterocycles. The summed E-state index contributed by atoms with van der Waals surface area (Å²) < 4.78 is 0. The summed E-state index contributed by atoms with van der Waals surface area (Å²) in [5, 5.41) is 0. The molecular weight excluding hydrogens is 72.1 g/mol. The van der Waals surface area contributed by atoms with Crippen molar-refractivity contribution in [1.29, 1.82) is 0 Å². The third kappa shape index (κ3) is 4.00. The molecule has 0 bridgehead atoms. The second kappa shape index (κ2) is 3.20. The normalized spacial score (nSPS) is 10.0. The summed E-state index contributed by atoms with van der Waals surface area (Å²) in [4.78, 5) is 0. The van der Waals surface area contributed by atoms with Crippen molar-refractivity contribution in [3.05, 3.63) is 6.92 Å². The van der Waals surface area contributed by atoms with Crippen LogP contribution in [0.2, 0.25) is 0 Å². The average Bonchev–Trinajstić information content (AvgIpc) is 1.35. The van der Waals surface area contributed by atoms with E-state index >= 15 is 0 Å².